The molecule has 0 unspecified atom stereocenters. The van der Waals surface area contributed by atoms with Crippen LogP contribution in [0.15, 0.2) is 24.3 Å². The molecule has 3 nitrogen and oxygen atoms in total. The molecule has 0 aliphatic carbocycles. The van der Waals surface area contributed by atoms with Crippen molar-refractivity contribution < 1.29 is 12.6 Å². The molecule has 0 atom stereocenters. The van der Waals surface area contributed by atoms with Gasteiger partial charge in [0.2, 0.25) is 0 Å². The van der Waals surface area contributed by atoms with E-state index in [9.17, 15) is 8.42 Å². The highest BCUT2D eigenvalue weighted by atomic mass is 32.2. The van der Waals surface area contributed by atoms with Crippen molar-refractivity contribution in [1.29, 1.82) is 0 Å². The van der Waals surface area contributed by atoms with E-state index in [1.54, 1.807) is 12.1 Å². The first-order valence-electron chi connectivity index (χ1n) is 3.67. The first kappa shape index (κ1) is 7.61. The van der Waals surface area contributed by atoms with Crippen LogP contribution in [-0.2, 0) is 16.5 Å². The van der Waals surface area contributed by atoms with Crippen LogP contribution in [0.25, 0.3) is 0 Å². The standard InChI is InChI=1S/C8H8O3S/c9-12(10)6-5-7-3-1-2-4-8(7)11-12/h1-4H,5-6H2. The Balaban J connectivity index is 2.48. The van der Waals surface area contributed by atoms with E-state index in [0.29, 0.717) is 12.2 Å². The van der Waals surface area contributed by atoms with Gasteiger partial charge in [0.25, 0.3) is 0 Å². The lowest BCUT2D eigenvalue weighted by Crippen LogP contribution is -2.21. The van der Waals surface area contributed by atoms with Crippen LogP contribution in [0.5, 0.6) is 5.75 Å². The van der Waals surface area contributed by atoms with E-state index < -0.39 is 10.1 Å². The highest BCUT2D eigenvalue weighted by Crippen LogP contribution is 2.24. The molecule has 1 heterocycles. The Bertz CT molecular complexity index is 395. The Hall–Kier alpha value is -1.03. The van der Waals surface area contributed by atoms with E-state index >= 15 is 0 Å². The van der Waals surface area contributed by atoms with Crippen LogP contribution in [0.3, 0.4) is 0 Å². The van der Waals surface area contributed by atoms with Gasteiger partial charge in [-0.3, -0.25) is 0 Å². The van der Waals surface area contributed by atoms with Gasteiger partial charge in [0.1, 0.15) is 5.75 Å². The third-order valence-electron chi connectivity index (χ3n) is 1.81. The minimum absolute atomic E-state index is 0.0873. The molecule has 0 saturated heterocycles. The summed E-state index contributed by atoms with van der Waals surface area (Å²) in [5.41, 5.74) is 0.965. The predicted octanol–water partition coefficient (Wildman–Crippen LogP) is 0.951. The molecule has 1 aliphatic heterocycles. The smallest absolute Gasteiger partial charge is 0.309 e. The highest BCUT2D eigenvalue weighted by Gasteiger charge is 2.21. The molecule has 0 saturated carbocycles. The average molecular weight is 184 g/mol. The molecule has 2 rings (SSSR count). The highest BCUT2D eigenvalue weighted by molar-refractivity contribution is 7.87. The lowest BCUT2D eigenvalue weighted by Gasteiger charge is -2.15. The zero-order valence-corrected chi connectivity index (χ0v) is 7.17. The fourth-order valence-electron chi connectivity index (χ4n) is 1.21. The van der Waals surface area contributed by atoms with Crippen molar-refractivity contribution >= 4 is 10.1 Å². The Kier molecular flexibility index (Phi) is 1.58. The summed E-state index contributed by atoms with van der Waals surface area (Å²) in [5.74, 6) is 0.563. The molecule has 0 N–H and O–H groups in total. The molecule has 1 aromatic rings. The van der Waals surface area contributed by atoms with Crippen LogP contribution in [-0.4, -0.2) is 14.2 Å². The van der Waals surface area contributed by atoms with Crippen molar-refractivity contribution in [3.05, 3.63) is 29.8 Å². The lowest BCUT2D eigenvalue weighted by molar-refractivity contribution is 0.473. The monoisotopic (exact) mass is 184 g/mol. The number of rotatable bonds is 0. The summed E-state index contributed by atoms with van der Waals surface area (Å²) >= 11 is 0. The summed E-state index contributed by atoms with van der Waals surface area (Å²) < 4.78 is 26.8. The summed E-state index contributed by atoms with van der Waals surface area (Å²) in [6.07, 6.45) is 0.554. The molecule has 0 aromatic heterocycles. The number of fused-ring (bicyclic) bond motifs is 1. The van der Waals surface area contributed by atoms with Gasteiger partial charge in [-0.1, -0.05) is 18.2 Å². The van der Waals surface area contributed by atoms with Gasteiger partial charge < -0.3 is 4.18 Å². The predicted molar refractivity (Wildman–Crippen MR) is 44.6 cm³/mol. The summed E-state index contributed by atoms with van der Waals surface area (Å²) in [6, 6.07) is 7.19. The van der Waals surface area contributed by atoms with Gasteiger partial charge >= 0.3 is 10.1 Å². The van der Waals surface area contributed by atoms with Crippen LogP contribution in [0.2, 0.25) is 0 Å². The van der Waals surface area contributed by atoms with Crippen LogP contribution in [0, 0.1) is 0 Å². The second kappa shape index (κ2) is 2.48. The van der Waals surface area contributed by atoms with Gasteiger partial charge in [-0.25, -0.2) is 0 Å². The Morgan fingerprint density at radius 2 is 2.00 bits per heavy atom. The summed E-state index contributed by atoms with van der Waals surface area (Å²) in [4.78, 5) is 0. The van der Waals surface area contributed by atoms with Gasteiger partial charge in [-0.2, -0.15) is 8.42 Å². The van der Waals surface area contributed by atoms with Gasteiger partial charge in [0, 0.05) is 0 Å². The van der Waals surface area contributed by atoms with E-state index in [1.165, 1.54) is 0 Å². The van der Waals surface area contributed by atoms with Gasteiger partial charge in [-0.05, 0) is 18.1 Å². The molecule has 0 amide bonds. The third kappa shape index (κ3) is 1.30. The van der Waals surface area contributed by atoms with E-state index in [4.69, 9.17) is 4.18 Å². The maximum atomic E-state index is 11.0. The van der Waals surface area contributed by atoms with Crippen molar-refractivity contribution in [2.24, 2.45) is 0 Å². The van der Waals surface area contributed by atoms with Crippen LogP contribution >= 0.6 is 0 Å². The Morgan fingerprint density at radius 1 is 1.25 bits per heavy atom. The van der Waals surface area contributed by atoms with Crippen molar-refractivity contribution in [3.63, 3.8) is 0 Å². The molecule has 0 fully saturated rings. The maximum absolute atomic E-state index is 11.0. The summed E-state index contributed by atoms with van der Waals surface area (Å²) in [5, 5.41) is 0. The largest absolute Gasteiger partial charge is 0.382 e. The molecule has 1 aromatic carbocycles. The minimum atomic E-state index is -3.30. The molecule has 1 aliphatic rings. The van der Waals surface area contributed by atoms with E-state index in [2.05, 4.69) is 0 Å². The average Bonchev–Trinajstić information content (AvgIpc) is 2.02. The summed E-state index contributed by atoms with van der Waals surface area (Å²) in [6.45, 7) is 0. The first-order valence-corrected chi connectivity index (χ1v) is 5.25. The maximum Gasteiger partial charge on any atom is 0.309 e. The summed E-state index contributed by atoms with van der Waals surface area (Å²) in [7, 11) is -3.30. The van der Waals surface area contributed by atoms with E-state index in [0.717, 1.165) is 5.56 Å². The molecule has 4 heteroatoms. The Morgan fingerprint density at radius 3 is 2.83 bits per heavy atom. The fourth-order valence-corrected chi connectivity index (χ4v) is 2.19. The quantitative estimate of drug-likeness (QED) is 0.564. The van der Waals surface area contributed by atoms with Crippen molar-refractivity contribution in [2.45, 2.75) is 6.42 Å². The van der Waals surface area contributed by atoms with Crippen molar-refractivity contribution in [1.82, 2.24) is 0 Å². The molecular formula is C8H8O3S. The second-order valence-corrected chi connectivity index (χ2v) is 4.39. The van der Waals surface area contributed by atoms with Crippen molar-refractivity contribution in [3.8, 4) is 5.75 Å². The Labute approximate surface area is 71.1 Å². The lowest BCUT2D eigenvalue weighted by atomic mass is 10.1. The fraction of sp³-hybridized carbons (Fsp3) is 0.250. The third-order valence-corrected chi connectivity index (χ3v) is 2.95. The topological polar surface area (TPSA) is 43.4 Å². The van der Waals surface area contributed by atoms with E-state index in [-0.39, 0.29) is 5.75 Å². The SMILES string of the molecule is O=S1(=O)CCc2ccccc2O1. The number of para-hydroxylation sites is 1. The van der Waals surface area contributed by atoms with Gasteiger partial charge in [0.15, 0.2) is 0 Å². The molecule has 0 radical (unpaired) electrons. The molecular weight excluding hydrogens is 176 g/mol. The number of hydrogen-bond donors (Lipinski definition) is 0. The molecule has 64 valence electrons. The van der Waals surface area contributed by atoms with Crippen molar-refractivity contribution in [2.75, 3.05) is 5.75 Å². The zero-order valence-electron chi connectivity index (χ0n) is 6.36. The number of hydrogen-bond acceptors (Lipinski definition) is 3. The van der Waals surface area contributed by atoms with E-state index in [1.807, 2.05) is 12.1 Å². The normalized spacial score (nSPS) is 19.3. The molecule has 12 heavy (non-hydrogen) atoms. The first-order chi connectivity index (χ1) is 5.67. The zero-order chi connectivity index (χ0) is 8.60. The van der Waals surface area contributed by atoms with Crippen LogP contribution < -0.4 is 4.18 Å². The minimum Gasteiger partial charge on any atom is -0.382 e. The van der Waals surface area contributed by atoms with Crippen LogP contribution in [0.4, 0.5) is 0 Å². The molecule has 0 bridgehead atoms. The number of aryl methyl sites for hydroxylation is 1. The van der Waals surface area contributed by atoms with Crippen LogP contribution in [0.1, 0.15) is 5.56 Å². The van der Waals surface area contributed by atoms with Gasteiger partial charge in [-0.15, -0.1) is 0 Å². The molecule has 0 spiro atoms. The number of benzene rings is 1. The second-order valence-electron chi connectivity index (χ2n) is 2.70. The van der Waals surface area contributed by atoms with Gasteiger partial charge in [0.05, 0.1) is 5.75 Å².